The number of rotatable bonds is 2. The summed E-state index contributed by atoms with van der Waals surface area (Å²) in [6.07, 6.45) is 1.32. The molecule has 0 unspecified atom stereocenters. The van der Waals surface area contributed by atoms with Crippen LogP contribution in [0.3, 0.4) is 0 Å². The number of nitrogens with two attached hydrogens (primary N) is 1. The van der Waals surface area contributed by atoms with Crippen molar-refractivity contribution < 1.29 is 13.9 Å². The molecule has 0 aromatic heterocycles. The fraction of sp³-hybridized carbons (Fsp3) is 0.111. The van der Waals surface area contributed by atoms with E-state index in [1.165, 1.54) is 12.1 Å². The molecule has 3 N–H and O–H groups in total. The molecule has 0 fully saturated rings. The molecular formula is C9H9BrClF2NO. The van der Waals surface area contributed by atoms with Gasteiger partial charge in [0.1, 0.15) is 0 Å². The Morgan fingerprint density at radius 1 is 1.47 bits per heavy atom. The van der Waals surface area contributed by atoms with E-state index in [4.69, 9.17) is 5.73 Å². The number of phenolic OH excluding ortho intramolecular Hbond substituents is 1. The Morgan fingerprint density at radius 2 is 2.00 bits per heavy atom. The summed E-state index contributed by atoms with van der Waals surface area (Å²) >= 11 is 2.81. The minimum absolute atomic E-state index is 0. The summed E-state index contributed by atoms with van der Waals surface area (Å²) in [4.78, 5) is 0. The van der Waals surface area contributed by atoms with Crippen molar-refractivity contribution in [1.29, 1.82) is 0 Å². The molecule has 0 spiro atoms. The number of hydrogen-bond donors (Lipinski definition) is 2. The smallest absolute Gasteiger partial charge is 0.201 e. The second-order valence-corrected chi connectivity index (χ2v) is 3.54. The first-order chi connectivity index (χ1) is 6.49. The van der Waals surface area contributed by atoms with Crippen molar-refractivity contribution in [3.05, 3.63) is 40.4 Å². The van der Waals surface area contributed by atoms with Crippen LogP contribution in [0.25, 0.3) is 0 Å². The Morgan fingerprint density at radius 3 is 2.47 bits per heavy atom. The molecule has 0 bridgehead atoms. The molecule has 0 aliphatic rings. The van der Waals surface area contributed by atoms with E-state index in [9.17, 15) is 13.9 Å². The number of benzene rings is 1. The molecule has 0 aliphatic carbocycles. The van der Waals surface area contributed by atoms with Crippen LogP contribution in [0.5, 0.6) is 5.75 Å². The third kappa shape index (κ3) is 2.68. The van der Waals surface area contributed by atoms with Crippen LogP contribution in [-0.4, -0.2) is 5.11 Å². The SMILES string of the molecule is C=C[C@@H](N)c1cc(Br)c(F)c(F)c1O.Cl. The lowest BCUT2D eigenvalue weighted by atomic mass is 10.1. The number of halogens is 4. The summed E-state index contributed by atoms with van der Waals surface area (Å²) in [5.41, 5.74) is 5.58. The van der Waals surface area contributed by atoms with E-state index in [2.05, 4.69) is 22.5 Å². The van der Waals surface area contributed by atoms with Gasteiger partial charge in [-0.2, -0.15) is 4.39 Å². The van der Waals surface area contributed by atoms with Gasteiger partial charge in [0, 0.05) is 5.56 Å². The molecule has 84 valence electrons. The zero-order chi connectivity index (χ0) is 10.9. The Bertz CT molecular complexity index is 387. The van der Waals surface area contributed by atoms with Gasteiger partial charge in [-0.3, -0.25) is 0 Å². The van der Waals surface area contributed by atoms with Crippen molar-refractivity contribution in [1.82, 2.24) is 0 Å². The Kier molecular flexibility index (Phi) is 5.20. The van der Waals surface area contributed by atoms with Gasteiger partial charge in [0.15, 0.2) is 11.6 Å². The zero-order valence-electron chi connectivity index (χ0n) is 7.51. The maximum atomic E-state index is 13.0. The first kappa shape index (κ1) is 14.3. The Balaban J connectivity index is 0.00000196. The maximum absolute atomic E-state index is 13.0. The highest BCUT2D eigenvalue weighted by Crippen LogP contribution is 2.32. The molecule has 0 amide bonds. The van der Waals surface area contributed by atoms with E-state index < -0.39 is 23.4 Å². The maximum Gasteiger partial charge on any atom is 0.201 e. The fourth-order valence-electron chi connectivity index (χ4n) is 0.985. The van der Waals surface area contributed by atoms with Gasteiger partial charge in [0.05, 0.1) is 10.5 Å². The first-order valence-electron chi connectivity index (χ1n) is 3.73. The lowest BCUT2D eigenvalue weighted by molar-refractivity contribution is 0.398. The van der Waals surface area contributed by atoms with Crippen LogP contribution in [0, 0.1) is 11.6 Å². The fourth-order valence-corrected chi connectivity index (χ4v) is 1.41. The van der Waals surface area contributed by atoms with Crippen molar-refractivity contribution in [3.8, 4) is 5.75 Å². The van der Waals surface area contributed by atoms with Gasteiger partial charge in [-0.1, -0.05) is 6.08 Å². The molecule has 0 aliphatic heterocycles. The van der Waals surface area contributed by atoms with Crippen molar-refractivity contribution in [2.24, 2.45) is 5.73 Å². The second-order valence-electron chi connectivity index (χ2n) is 2.69. The number of phenols is 1. The quantitative estimate of drug-likeness (QED) is 0.651. The summed E-state index contributed by atoms with van der Waals surface area (Å²) in [7, 11) is 0. The van der Waals surface area contributed by atoms with Crippen LogP contribution >= 0.6 is 28.3 Å². The van der Waals surface area contributed by atoms with Crippen LogP contribution in [0.4, 0.5) is 8.78 Å². The van der Waals surface area contributed by atoms with Gasteiger partial charge in [-0.05, 0) is 22.0 Å². The number of hydrogen-bond acceptors (Lipinski definition) is 2. The van der Waals surface area contributed by atoms with Crippen LogP contribution in [0.15, 0.2) is 23.2 Å². The molecule has 0 saturated heterocycles. The highest BCUT2D eigenvalue weighted by molar-refractivity contribution is 9.10. The molecule has 15 heavy (non-hydrogen) atoms. The summed E-state index contributed by atoms with van der Waals surface area (Å²) in [5, 5.41) is 9.24. The average Bonchev–Trinajstić information content (AvgIpc) is 2.19. The van der Waals surface area contributed by atoms with Crippen molar-refractivity contribution in [3.63, 3.8) is 0 Å². The molecule has 0 heterocycles. The van der Waals surface area contributed by atoms with Gasteiger partial charge in [0.25, 0.3) is 0 Å². The predicted octanol–water partition coefficient (Wildman–Crippen LogP) is 3.04. The number of aromatic hydroxyl groups is 1. The third-order valence-electron chi connectivity index (χ3n) is 1.78. The van der Waals surface area contributed by atoms with E-state index >= 15 is 0 Å². The molecule has 1 rings (SSSR count). The standard InChI is InChI=1S/C9H8BrF2NO.ClH/c1-2-6(13)4-3-5(10)7(11)8(12)9(4)14;/h2-3,6,14H,1,13H2;1H/t6-;/m1./s1. The van der Waals surface area contributed by atoms with Crippen LogP contribution in [0.2, 0.25) is 0 Å². The first-order valence-corrected chi connectivity index (χ1v) is 4.52. The van der Waals surface area contributed by atoms with E-state index in [1.54, 1.807) is 0 Å². The van der Waals surface area contributed by atoms with Crippen LogP contribution in [0.1, 0.15) is 11.6 Å². The van der Waals surface area contributed by atoms with Gasteiger partial charge in [0.2, 0.25) is 5.82 Å². The predicted molar refractivity (Wildman–Crippen MR) is 60.1 cm³/mol. The van der Waals surface area contributed by atoms with E-state index in [1.807, 2.05) is 0 Å². The largest absolute Gasteiger partial charge is 0.505 e. The lowest BCUT2D eigenvalue weighted by Crippen LogP contribution is -2.08. The van der Waals surface area contributed by atoms with Crippen molar-refractivity contribution in [2.45, 2.75) is 6.04 Å². The second kappa shape index (κ2) is 5.44. The zero-order valence-corrected chi connectivity index (χ0v) is 9.91. The topological polar surface area (TPSA) is 46.2 Å². The summed E-state index contributed by atoms with van der Waals surface area (Å²) in [6.45, 7) is 3.39. The normalized spacial score (nSPS) is 11.7. The molecule has 0 radical (unpaired) electrons. The van der Waals surface area contributed by atoms with E-state index in [0.29, 0.717) is 0 Å². The lowest BCUT2D eigenvalue weighted by Gasteiger charge is -2.11. The molecule has 6 heteroatoms. The summed E-state index contributed by atoms with van der Waals surface area (Å²) in [5.74, 6) is -3.23. The molecule has 0 saturated carbocycles. The molecule has 1 atom stereocenters. The molecule has 2 nitrogen and oxygen atoms in total. The highest BCUT2D eigenvalue weighted by Gasteiger charge is 2.18. The van der Waals surface area contributed by atoms with Gasteiger partial charge in [-0.15, -0.1) is 19.0 Å². The van der Waals surface area contributed by atoms with Crippen molar-refractivity contribution in [2.75, 3.05) is 0 Å². The average molecular weight is 301 g/mol. The molecule has 1 aromatic carbocycles. The summed E-state index contributed by atoms with van der Waals surface area (Å²) < 4.78 is 25.8. The minimum Gasteiger partial charge on any atom is -0.505 e. The van der Waals surface area contributed by atoms with Gasteiger partial charge in [-0.25, -0.2) is 4.39 Å². The highest BCUT2D eigenvalue weighted by atomic mass is 79.9. The molecule has 1 aromatic rings. The van der Waals surface area contributed by atoms with E-state index in [-0.39, 0.29) is 22.4 Å². The molecular weight excluding hydrogens is 291 g/mol. The minimum atomic E-state index is -1.31. The van der Waals surface area contributed by atoms with Crippen molar-refractivity contribution >= 4 is 28.3 Å². The monoisotopic (exact) mass is 299 g/mol. The van der Waals surface area contributed by atoms with Gasteiger partial charge >= 0.3 is 0 Å². The third-order valence-corrected chi connectivity index (χ3v) is 2.36. The Labute approximate surface area is 100 Å². The van der Waals surface area contributed by atoms with E-state index in [0.717, 1.165) is 0 Å². The van der Waals surface area contributed by atoms with Crippen LogP contribution < -0.4 is 5.73 Å². The van der Waals surface area contributed by atoms with Gasteiger partial charge < -0.3 is 10.8 Å². The van der Waals surface area contributed by atoms with Crippen LogP contribution in [-0.2, 0) is 0 Å². The Hall–Kier alpha value is -0.650. The summed E-state index contributed by atoms with van der Waals surface area (Å²) in [6, 6.07) is 0.487.